The predicted octanol–water partition coefficient (Wildman–Crippen LogP) is 2.21. The Morgan fingerprint density at radius 1 is 1.28 bits per heavy atom. The first-order valence-electron chi connectivity index (χ1n) is 5.23. The van der Waals surface area contributed by atoms with E-state index in [1.807, 2.05) is 0 Å². The van der Waals surface area contributed by atoms with Crippen LogP contribution < -0.4 is 4.74 Å². The van der Waals surface area contributed by atoms with Crippen LogP contribution in [0.3, 0.4) is 0 Å². The maximum Gasteiger partial charge on any atom is 0.341 e. The van der Waals surface area contributed by atoms with Crippen LogP contribution >= 0.6 is 0 Å². The predicted molar refractivity (Wildman–Crippen MR) is 67.5 cm³/mol. The number of carbonyl (C=O) groups excluding carboxylic acids is 1. The molecule has 0 saturated heterocycles. The van der Waals surface area contributed by atoms with E-state index < -0.39 is 5.97 Å². The summed E-state index contributed by atoms with van der Waals surface area (Å²) in [5, 5.41) is 0. The van der Waals surface area contributed by atoms with E-state index in [1.54, 1.807) is 31.2 Å². The molecule has 1 rings (SSSR count). The van der Waals surface area contributed by atoms with Gasteiger partial charge in [0, 0.05) is 12.5 Å². The number of esters is 1. The lowest BCUT2D eigenvalue weighted by Gasteiger charge is -2.09. The smallest absolute Gasteiger partial charge is 0.341 e. The normalized spacial score (nSPS) is 10.1. The van der Waals surface area contributed by atoms with Gasteiger partial charge in [0.05, 0.1) is 20.5 Å². The molecule has 0 fully saturated rings. The highest BCUT2D eigenvalue weighted by Gasteiger charge is 2.17. The van der Waals surface area contributed by atoms with Crippen molar-refractivity contribution < 1.29 is 19.0 Å². The number of ether oxygens (including phenoxy) is 3. The molecule has 1 aromatic carbocycles. The Morgan fingerprint density at radius 3 is 2.61 bits per heavy atom. The molecule has 0 atom stereocenters. The van der Waals surface area contributed by atoms with Crippen molar-refractivity contribution in [1.29, 1.82) is 0 Å². The maximum absolute atomic E-state index is 11.7. The van der Waals surface area contributed by atoms with Gasteiger partial charge in [-0.1, -0.05) is 24.1 Å². The lowest BCUT2D eigenvalue weighted by atomic mass is 10.1. The zero-order valence-electron chi connectivity index (χ0n) is 10.5. The van der Waals surface area contributed by atoms with Crippen molar-refractivity contribution >= 4 is 11.5 Å². The molecular weight excluding hydrogens is 232 g/mol. The summed E-state index contributed by atoms with van der Waals surface area (Å²) < 4.78 is 14.8. The standard InChI is InChI=1S/C14H14O4/c1-4-9-18-13-8-6-5-7-11(13)12(10-16-2)14(15)17-3/h5-8,10H,1-3H3. The van der Waals surface area contributed by atoms with Crippen LogP contribution in [0.25, 0.3) is 5.57 Å². The van der Waals surface area contributed by atoms with Crippen molar-refractivity contribution in [3.63, 3.8) is 0 Å². The number of benzene rings is 1. The molecule has 1 aromatic rings. The fraction of sp³-hybridized carbons (Fsp3) is 0.214. The van der Waals surface area contributed by atoms with E-state index in [2.05, 4.69) is 12.0 Å². The lowest BCUT2D eigenvalue weighted by Crippen LogP contribution is -2.05. The lowest BCUT2D eigenvalue weighted by molar-refractivity contribution is -0.133. The van der Waals surface area contributed by atoms with E-state index in [0.29, 0.717) is 11.3 Å². The monoisotopic (exact) mass is 246 g/mol. The van der Waals surface area contributed by atoms with E-state index in [0.717, 1.165) is 0 Å². The van der Waals surface area contributed by atoms with Crippen LogP contribution in [0.4, 0.5) is 0 Å². The van der Waals surface area contributed by atoms with Crippen molar-refractivity contribution in [2.75, 3.05) is 14.2 Å². The molecule has 0 saturated carbocycles. The van der Waals surface area contributed by atoms with E-state index in [1.165, 1.54) is 20.5 Å². The molecule has 0 spiro atoms. The molecule has 4 nitrogen and oxygen atoms in total. The molecule has 0 aromatic heterocycles. The average molecular weight is 246 g/mol. The highest BCUT2D eigenvalue weighted by molar-refractivity contribution is 6.16. The number of rotatable bonds is 4. The number of hydrogen-bond donors (Lipinski definition) is 0. The molecule has 0 heterocycles. The van der Waals surface area contributed by atoms with E-state index in [4.69, 9.17) is 14.2 Å². The minimum absolute atomic E-state index is 0.272. The SMILES string of the molecule is CC#COc1ccccc1C(=COC)C(=O)OC. The van der Waals surface area contributed by atoms with Crippen molar-refractivity contribution in [3.05, 3.63) is 36.1 Å². The molecule has 0 aliphatic heterocycles. The van der Waals surface area contributed by atoms with Crippen LogP contribution in [0.1, 0.15) is 12.5 Å². The first-order valence-corrected chi connectivity index (χ1v) is 5.23. The van der Waals surface area contributed by atoms with Gasteiger partial charge in [-0.2, -0.15) is 0 Å². The van der Waals surface area contributed by atoms with Gasteiger partial charge >= 0.3 is 5.97 Å². The summed E-state index contributed by atoms with van der Waals surface area (Å²) in [5.74, 6) is 2.59. The van der Waals surface area contributed by atoms with Crippen LogP contribution in [0.2, 0.25) is 0 Å². The molecule has 0 unspecified atom stereocenters. The molecule has 0 aliphatic carbocycles. The second kappa shape index (κ2) is 7.02. The van der Waals surface area contributed by atoms with Gasteiger partial charge in [0.15, 0.2) is 0 Å². The van der Waals surface area contributed by atoms with Gasteiger partial charge < -0.3 is 14.2 Å². The van der Waals surface area contributed by atoms with Gasteiger partial charge in [0.25, 0.3) is 0 Å². The fourth-order valence-corrected chi connectivity index (χ4v) is 1.33. The van der Waals surface area contributed by atoms with Crippen molar-refractivity contribution in [1.82, 2.24) is 0 Å². The molecule has 18 heavy (non-hydrogen) atoms. The van der Waals surface area contributed by atoms with Gasteiger partial charge in [-0.3, -0.25) is 0 Å². The number of para-hydroxylation sites is 1. The summed E-state index contributed by atoms with van der Waals surface area (Å²) in [6.45, 7) is 1.66. The summed E-state index contributed by atoms with van der Waals surface area (Å²) in [5.41, 5.74) is 0.836. The third-order valence-corrected chi connectivity index (χ3v) is 2.08. The number of carbonyl (C=O) groups is 1. The largest absolute Gasteiger partial charge is 0.503 e. The quantitative estimate of drug-likeness (QED) is 0.353. The van der Waals surface area contributed by atoms with Crippen LogP contribution in [-0.2, 0) is 14.3 Å². The topological polar surface area (TPSA) is 44.8 Å². The summed E-state index contributed by atoms with van der Waals surface area (Å²) in [7, 11) is 2.76. The molecule has 0 radical (unpaired) electrons. The molecule has 0 N–H and O–H groups in total. The van der Waals surface area contributed by atoms with Crippen LogP contribution in [0, 0.1) is 12.0 Å². The van der Waals surface area contributed by atoms with Gasteiger partial charge in [-0.15, -0.1) is 0 Å². The zero-order chi connectivity index (χ0) is 13.4. The third kappa shape index (κ3) is 3.29. The number of methoxy groups -OCH3 is 2. The Morgan fingerprint density at radius 2 is 2.00 bits per heavy atom. The summed E-state index contributed by atoms with van der Waals surface area (Å²) in [4.78, 5) is 11.7. The molecule has 4 heteroatoms. The minimum Gasteiger partial charge on any atom is -0.503 e. The van der Waals surface area contributed by atoms with E-state index in [-0.39, 0.29) is 5.57 Å². The summed E-state index contributed by atoms with van der Waals surface area (Å²) in [6.07, 6.45) is 3.80. The third-order valence-electron chi connectivity index (χ3n) is 2.08. The first kappa shape index (κ1) is 13.7. The van der Waals surface area contributed by atoms with Crippen molar-refractivity contribution in [3.8, 4) is 17.8 Å². The Kier molecular flexibility index (Phi) is 5.33. The molecule has 0 bridgehead atoms. The first-order chi connectivity index (χ1) is 8.74. The fourth-order valence-electron chi connectivity index (χ4n) is 1.33. The average Bonchev–Trinajstić information content (AvgIpc) is 2.42. The Balaban J connectivity index is 3.22. The highest BCUT2D eigenvalue weighted by atomic mass is 16.5. The van der Waals surface area contributed by atoms with Gasteiger partial charge in [-0.25, -0.2) is 4.79 Å². The molecular formula is C14H14O4. The highest BCUT2D eigenvalue weighted by Crippen LogP contribution is 2.26. The van der Waals surface area contributed by atoms with Crippen molar-refractivity contribution in [2.24, 2.45) is 0 Å². The molecule has 0 amide bonds. The van der Waals surface area contributed by atoms with Crippen LogP contribution in [-0.4, -0.2) is 20.2 Å². The second-order valence-corrected chi connectivity index (χ2v) is 3.21. The van der Waals surface area contributed by atoms with Gasteiger partial charge in [-0.05, 0) is 6.07 Å². The molecule has 0 aliphatic rings. The van der Waals surface area contributed by atoms with Gasteiger partial charge in [0.2, 0.25) is 0 Å². The number of hydrogen-bond acceptors (Lipinski definition) is 4. The summed E-state index contributed by atoms with van der Waals surface area (Å²) in [6, 6.07) is 7.02. The Hall–Kier alpha value is -2.41. The van der Waals surface area contributed by atoms with Crippen molar-refractivity contribution in [2.45, 2.75) is 6.92 Å². The van der Waals surface area contributed by atoms with E-state index in [9.17, 15) is 4.79 Å². The van der Waals surface area contributed by atoms with E-state index >= 15 is 0 Å². The maximum atomic E-state index is 11.7. The molecule has 94 valence electrons. The van der Waals surface area contributed by atoms with Crippen LogP contribution in [0.5, 0.6) is 5.75 Å². The Labute approximate surface area is 106 Å². The van der Waals surface area contributed by atoms with Crippen LogP contribution in [0.15, 0.2) is 30.5 Å². The van der Waals surface area contributed by atoms with Gasteiger partial charge in [0.1, 0.15) is 17.4 Å². The zero-order valence-corrected chi connectivity index (χ0v) is 10.5. The minimum atomic E-state index is -0.502. The second-order valence-electron chi connectivity index (χ2n) is 3.21. The Bertz CT molecular complexity index is 506. The summed E-state index contributed by atoms with van der Waals surface area (Å²) >= 11 is 0.